The summed E-state index contributed by atoms with van der Waals surface area (Å²) in [5, 5.41) is 10.1. The molecule has 5 heteroatoms. The molecule has 0 radical (unpaired) electrons. The molecule has 0 spiro atoms. The SMILES string of the molecule is Cc1c(-c2cccc(Cl)c2)nc(N)c(C#N)c1-c1ccncc1. The van der Waals surface area contributed by atoms with Gasteiger partial charge in [0.05, 0.1) is 5.69 Å². The van der Waals surface area contributed by atoms with Gasteiger partial charge in [0.15, 0.2) is 0 Å². The van der Waals surface area contributed by atoms with Gasteiger partial charge in [-0.25, -0.2) is 4.98 Å². The van der Waals surface area contributed by atoms with Crippen molar-refractivity contribution in [3.8, 4) is 28.5 Å². The average molecular weight is 321 g/mol. The Labute approximate surface area is 139 Å². The van der Waals surface area contributed by atoms with Gasteiger partial charge in [-0.15, -0.1) is 0 Å². The molecule has 23 heavy (non-hydrogen) atoms. The number of pyridine rings is 2. The van der Waals surface area contributed by atoms with Gasteiger partial charge >= 0.3 is 0 Å². The first-order valence-electron chi connectivity index (χ1n) is 6.98. The Kier molecular flexibility index (Phi) is 3.96. The number of halogens is 1. The van der Waals surface area contributed by atoms with E-state index in [-0.39, 0.29) is 5.82 Å². The monoisotopic (exact) mass is 320 g/mol. The summed E-state index contributed by atoms with van der Waals surface area (Å²) in [6.07, 6.45) is 3.37. The maximum absolute atomic E-state index is 9.48. The molecular weight excluding hydrogens is 308 g/mol. The predicted molar refractivity (Wildman–Crippen MR) is 91.8 cm³/mol. The Morgan fingerprint density at radius 2 is 1.87 bits per heavy atom. The van der Waals surface area contributed by atoms with Gasteiger partial charge in [-0.05, 0) is 42.3 Å². The molecule has 3 aromatic rings. The van der Waals surface area contributed by atoms with Gasteiger partial charge in [0, 0.05) is 28.5 Å². The summed E-state index contributed by atoms with van der Waals surface area (Å²) in [5.41, 5.74) is 10.5. The highest BCUT2D eigenvalue weighted by Crippen LogP contribution is 2.35. The van der Waals surface area contributed by atoms with Crippen LogP contribution in [0.4, 0.5) is 5.82 Å². The van der Waals surface area contributed by atoms with E-state index in [9.17, 15) is 5.26 Å². The van der Waals surface area contributed by atoms with Crippen LogP contribution in [0.2, 0.25) is 5.02 Å². The minimum atomic E-state index is 0.208. The van der Waals surface area contributed by atoms with E-state index in [1.165, 1.54) is 0 Å². The number of nitrogens with zero attached hydrogens (tertiary/aromatic N) is 3. The number of nitrogen functional groups attached to an aromatic ring is 1. The normalized spacial score (nSPS) is 10.3. The number of hydrogen-bond acceptors (Lipinski definition) is 4. The largest absolute Gasteiger partial charge is 0.383 e. The van der Waals surface area contributed by atoms with Crippen LogP contribution in [0.1, 0.15) is 11.1 Å². The first-order chi connectivity index (χ1) is 11.1. The van der Waals surface area contributed by atoms with E-state index < -0.39 is 0 Å². The minimum Gasteiger partial charge on any atom is -0.383 e. The predicted octanol–water partition coefficient (Wildman–Crippen LogP) is 4.23. The maximum Gasteiger partial charge on any atom is 0.142 e. The lowest BCUT2D eigenvalue weighted by atomic mass is 9.93. The second-order valence-electron chi connectivity index (χ2n) is 5.08. The summed E-state index contributed by atoms with van der Waals surface area (Å²) in [5.74, 6) is 0.208. The molecular formula is C18H13ClN4. The van der Waals surface area contributed by atoms with E-state index in [4.69, 9.17) is 17.3 Å². The van der Waals surface area contributed by atoms with Crippen molar-refractivity contribution in [3.63, 3.8) is 0 Å². The smallest absolute Gasteiger partial charge is 0.142 e. The lowest BCUT2D eigenvalue weighted by Gasteiger charge is -2.15. The molecule has 0 aliphatic heterocycles. The number of benzene rings is 1. The molecule has 0 fully saturated rings. The van der Waals surface area contributed by atoms with Crippen LogP contribution in [-0.2, 0) is 0 Å². The molecule has 4 nitrogen and oxygen atoms in total. The molecule has 0 atom stereocenters. The molecule has 0 unspecified atom stereocenters. The summed E-state index contributed by atoms with van der Waals surface area (Å²) in [4.78, 5) is 8.45. The van der Waals surface area contributed by atoms with Crippen LogP contribution in [0.3, 0.4) is 0 Å². The summed E-state index contributed by atoms with van der Waals surface area (Å²) >= 11 is 6.08. The van der Waals surface area contributed by atoms with E-state index in [1.807, 2.05) is 37.3 Å². The minimum absolute atomic E-state index is 0.208. The molecule has 0 amide bonds. The van der Waals surface area contributed by atoms with E-state index in [1.54, 1.807) is 18.5 Å². The van der Waals surface area contributed by atoms with Crippen LogP contribution in [0.15, 0.2) is 48.8 Å². The topological polar surface area (TPSA) is 75.6 Å². The van der Waals surface area contributed by atoms with Gasteiger partial charge in [0.1, 0.15) is 17.5 Å². The van der Waals surface area contributed by atoms with Gasteiger partial charge in [0.25, 0.3) is 0 Å². The van der Waals surface area contributed by atoms with E-state index in [2.05, 4.69) is 16.0 Å². The Hall–Kier alpha value is -2.90. The maximum atomic E-state index is 9.48. The number of nitriles is 1. The van der Waals surface area contributed by atoms with Crippen molar-refractivity contribution in [2.75, 3.05) is 5.73 Å². The Morgan fingerprint density at radius 1 is 1.13 bits per heavy atom. The zero-order chi connectivity index (χ0) is 16.4. The molecule has 0 aliphatic carbocycles. The van der Waals surface area contributed by atoms with Crippen molar-refractivity contribution in [2.24, 2.45) is 0 Å². The summed E-state index contributed by atoms with van der Waals surface area (Å²) in [6, 6.07) is 13.3. The van der Waals surface area contributed by atoms with Crippen LogP contribution in [0.5, 0.6) is 0 Å². The number of aromatic nitrogens is 2. The molecule has 2 heterocycles. The second kappa shape index (κ2) is 6.07. The highest BCUT2D eigenvalue weighted by molar-refractivity contribution is 6.30. The van der Waals surface area contributed by atoms with Gasteiger partial charge < -0.3 is 5.73 Å². The highest BCUT2D eigenvalue weighted by atomic mass is 35.5. The summed E-state index contributed by atoms with van der Waals surface area (Å²) in [7, 11) is 0. The van der Waals surface area contributed by atoms with Gasteiger partial charge in [-0.3, -0.25) is 4.98 Å². The molecule has 3 rings (SSSR count). The molecule has 2 N–H and O–H groups in total. The molecule has 1 aromatic carbocycles. The van der Waals surface area contributed by atoms with E-state index in [0.717, 1.165) is 27.9 Å². The van der Waals surface area contributed by atoms with Crippen LogP contribution >= 0.6 is 11.6 Å². The number of anilines is 1. The summed E-state index contributed by atoms with van der Waals surface area (Å²) in [6.45, 7) is 1.93. The fraction of sp³-hybridized carbons (Fsp3) is 0.0556. The van der Waals surface area contributed by atoms with Crippen LogP contribution in [0, 0.1) is 18.3 Å². The molecule has 0 bridgehead atoms. The quantitative estimate of drug-likeness (QED) is 0.766. The third kappa shape index (κ3) is 2.75. The van der Waals surface area contributed by atoms with Crippen molar-refractivity contribution in [3.05, 3.63) is 64.9 Å². The Balaban J connectivity index is 2.33. The Morgan fingerprint density at radius 3 is 2.52 bits per heavy atom. The second-order valence-corrected chi connectivity index (χ2v) is 5.52. The summed E-state index contributed by atoms with van der Waals surface area (Å²) < 4.78 is 0. The van der Waals surface area contributed by atoms with Crippen molar-refractivity contribution in [1.29, 1.82) is 5.26 Å². The van der Waals surface area contributed by atoms with Crippen molar-refractivity contribution in [1.82, 2.24) is 9.97 Å². The number of nitrogens with two attached hydrogens (primary N) is 1. The first kappa shape index (κ1) is 15.0. The molecule has 0 saturated heterocycles. The van der Waals surface area contributed by atoms with Crippen LogP contribution in [0.25, 0.3) is 22.4 Å². The Bertz CT molecular complexity index is 914. The zero-order valence-electron chi connectivity index (χ0n) is 12.4. The molecule has 0 saturated carbocycles. The molecule has 2 aromatic heterocycles. The van der Waals surface area contributed by atoms with Crippen molar-refractivity contribution >= 4 is 17.4 Å². The van der Waals surface area contributed by atoms with Crippen LogP contribution in [-0.4, -0.2) is 9.97 Å². The fourth-order valence-electron chi connectivity index (χ4n) is 2.60. The zero-order valence-corrected chi connectivity index (χ0v) is 13.2. The number of rotatable bonds is 2. The van der Waals surface area contributed by atoms with Crippen LogP contribution < -0.4 is 5.73 Å². The first-order valence-corrected chi connectivity index (χ1v) is 7.36. The fourth-order valence-corrected chi connectivity index (χ4v) is 2.79. The number of hydrogen-bond donors (Lipinski definition) is 1. The lowest BCUT2D eigenvalue weighted by Crippen LogP contribution is -2.03. The highest BCUT2D eigenvalue weighted by Gasteiger charge is 2.18. The lowest BCUT2D eigenvalue weighted by molar-refractivity contribution is 1.25. The third-order valence-corrected chi connectivity index (χ3v) is 3.88. The van der Waals surface area contributed by atoms with Gasteiger partial charge in [0.2, 0.25) is 0 Å². The van der Waals surface area contributed by atoms with Gasteiger partial charge in [-0.2, -0.15) is 5.26 Å². The van der Waals surface area contributed by atoms with Crippen molar-refractivity contribution in [2.45, 2.75) is 6.92 Å². The van der Waals surface area contributed by atoms with Crippen molar-refractivity contribution < 1.29 is 0 Å². The third-order valence-electron chi connectivity index (χ3n) is 3.65. The van der Waals surface area contributed by atoms with Gasteiger partial charge in [-0.1, -0.05) is 23.7 Å². The van der Waals surface area contributed by atoms with E-state index >= 15 is 0 Å². The standard InChI is InChI=1S/C18H13ClN4/c1-11-16(12-5-7-22-8-6-12)15(10-20)18(21)23-17(11)13-3-2-4-14(19)9-13/h2-9H,1H3,(H2,21,23). The average Bonchev–Trinajstić information content (AvgIpc) is 2.57. The molecule has 112 valence electrons. The molecule has 0 aliphatic rings. The van der Waals surface area contributed by atoms with E-state index in [0.29, 0.717) is 10.6 Å².